The molecule has 1 aromatic rings. The Balaban J connectivity index is 1.99. The van der Waals surface area contributed by atoms with Crippen LogP contribution in [0.3, 0.4) is 0 Å². The lowest BCUT2D eigenvalue weighted by molar-refractivity contribution is -0.133. The minimum atomic E-state index is -0.456. The van der Waals surface area contributed by atoms with Crippen molar-refractivity contribution in [3.8, 4) is 0 Å². The van der Waals surface area contributed by atoms with Crippen LogP contribution in [-0.2, 0) is 9.53 Å². The van der Waals surface area contributed by atoms with Gasteiger partial charge in [0.25, 0.3) is 0 Å². The molecule has 0 fully saturated rings. The first-order chi connectivity index (χ1) is 9.20. The van der Waals surface area contributed by atoms with Gasteiger partial charge in [-0.05, 0) is 12.5 Å². The third kappa shape index (κ3) is 3.66. The van der Waals surface area contributed by atoms with Crippen LogP contribution in [-0.4, -0.2) is 30.3 Å². The lowest BCUT2D eigenvalue weighted by atomic mass is 10.0. The van der Waals surface area contributed by atoms with E-state index in [0.717, 1.165) is 11.1 Å². The van der Waals surface area contributed by atoms with E-state index in [4.69, 9.17) is 4.74 Å². The number of benzene rings is 1. The lowest BCUT2D eigenvalue weighted by Crippen LogP contribution is -2.41. The van der Waals surface area contributed by atoms with Crippen molar-refractivity contribution >= 4 is 5.91 Å². The second-order valence-corrected chi connectivity index (χ2v) is 4.73. The predicted molar refractivity (Wildman–Crippen MR) is 72.5 cm³/mol. The van der Waals surface area contributed by atoms with E-state index >= 15 is 0 Å². The summed E-state index contributed by atoms with van der Waals surface area (Å²) in [6.07, 6.45) is 2.13. The molecule has 0 aliphatic carbocycles. The predicted octanol–water partition coefficient (Wildman–Crippen LogP) is 1.57. The van der Waals surface area contributed by atoms with Gasteiger partial charge in [0.1, 0.15) is 6.10 Å². The molecular formula is C15H19NO3. The Kier molecular flexibility index (Phi) is 4.71. The van der Waals surface area contributed by atoms with Crippen molar-refractivity contribution in [2.75, 3.05) is 13.2 Å². The number of hydrogen-bond donors (Lipinski definition) is 2. The summed E-state index contributed by atoms with van der Waals surface area (Å²) in [5.74, 6) is -0.171. The van der Waals surface area contributed by atoms with Crippen LogP contribution in [0.25, 0.3) is 0 Å². The first-order valence-electron chi connectivity index (χ1n) is 6.44. The summed E-state index contributed by atoms with van der Waals surface area (Å²) in [7, 11) is 0. The van der Waals surface area contributed by atoms with Gasteiger partial charge in [-0.3, -0.25) is 4.79 Å². The molecule has 2 rings (SSSR count). The van der Waals surface area contributed by atoms with Crippen LogP contribution in [0.1, 0.15) is 24.9 Å². The van der Waals surface area contributed by atoms with Crippen molar-refractivity contribution < 1.29 is 14.6 Å². The molecule has 0 saturated carbocycles. The Bertz CT molecular complexity index is 456. The number of hydrogen-bond acceptors (Lipinski definition) is 3. The van der Waals surface area contributed by atoms with Gasteiger partial charge in [0.2, 0.25) is 5.91 Å². The molecule has 0 saturated heterocycles. The normalized spacial score (nSPS) is 20.5. The second-order valence-electron chi connectivity index (χ2n) is 4.73. The highest BCUT2D eigenvalue weighted by atomic mass is 16.5. The fourth-order valence-electron chi connectivity index (χ4n) is 2.09. The summed E-state index contributed by atoms with van der Waals surface area (Å²) in [5, 5.41) is 12.2. The van der Waals surface area contributed by atoms with Crippen LogP contribution in [0.15, 0.2) is 42.0 Å². The number of aliphatic hydroxyl groups is 1. The smallest absolute Gasteiger partial charge is 0.250 e. The molecule has 1 heterocycles. The molecular weight excluding hydrogens is 242 g/mol. The molecule has 0 radical (unpaired) electrons. The third-order valence-corrected chi connectivity index (χ3v) is 3.23. The highest BCUT2D eigenvalue weighted by molar-refractivity contribution is 5.81. The van der Waals surface area contributed by atoms with Gasteiger partial charge < -0.3 is 15.2 Å². The van der Waals surface area contributed by atoms with E-state index in [9.17, 15) is 9.90 Å². The van der Waals surface area contributed by atoms with E-state index < -0.39 is 6.10 Å². The number of aliphatic hydroxyl groups excluding tert-OH is 1. The standard InChI is InChI=1S/C15H19NO3/c1-11-7-8-19-14(9-11)15(18)16-13(10-17)12-5-3-2-4-6-12/h2-7,13-14,17H,8-10H2,1H3,(H,16,18)/t13-,14-/m1/s1. The molecule has 2 N–H and O–H groups in total. The molecule has 4 nitrogen and oxygen atoms in total. The summed E-state index contributed by atoms with van der Waals surface area (Å²) in [6.45, 7) is 2.33. The second kappa shape index (κ2) is 6.50. The number of carbonyl (C=O) groups is 1. The maximum atomic E-state index is 12.1. The first kappa shape index (κ1) is 13.8. The zero-order chi connectivity index (χ0) is 13.7. The maximum absolute atomic E-state index is 12.1. The van der Waals surface area contributed by atoms with Gasteiger partial charge in [0.05, 0.1) is 19.3 Å². The molecule has 1 aliphatic heterocycles. The fourth-order valence-corrected chi connectivity index (χ4v) is 2.09. The quantitative estimate of drug-likeness (QED) is 0.809. The molecule has 2 atom stereocenters. The van der Waals surface area contributed by atoms with Crippen LogP contribution in [0.2, 0.25) is 0 Å². The van der Waals surface area contributed by atoms with Crippen molar-refractivity contribution in [2.24, 2.45) is 0 Å². The largest absolute Gasteiger partial charge is 0.394 e. The van der Waals surface area contributed by atoms with E-state index in [-0.39, 0.29) is 18.6 Å². The zero-order valence-corrected chi connectivity index (χ0v) is 11.0. The number of ether oxygens (including phenoxy) is 1. The van der Waals surface area contributed by atoms with Crippen molar-refractivity contribution in [3.63, 3.8) is 0 Å². The van der Waals surface area contributed by atoms with Crippen molar-refractivity contribution in [1.29, 1.82) is 0 Å². The summed E-state index contributed by atoms with van der Waals surface area (Å²) < 4.78 is 5.42. The summed E-state index contributed by atoms with van der Waals surface area (Å²) >= 11 is 0. The Morgan fingerprint density at radius 3 is 2.84 bits per heavy atom. The Hall–Kier alpha value is -1.65. The Morgan fingerprint density at radius 2 is 2.21 bits per heavy atom. The van der Waals surface area contributed by atoms with Gasteiger partial charge in [-0.2, -0.15) is 0 Å². The van der Waals surface area contributed by atoms with Gasteiger partial charge >= 0.3 is 0 Å². The number of carbonyl (C=O) groups excluding carboxylic acids is 1. The molecule has 0 bridgehead atoms. The molecule has 0 unspecified atom stereocenters. The van der Waals surface area contributed by atoms with Crippen molar-refractivity contribution in [2.45, 2.75) is 25.5 Å². The Morgan fingerprint density at radius 1 is 1.47 bits per heavy atom. The van der Waals surface area contributed by atoms with Crippen LogP contribution in [0.4, 0.5) is 0 Å². The van der Waals surface area contributed by atoms with Gasteiger partial charge in [0.15, 0.2) is 0 Å². The van der Waals surface area contributed by atoms with Crippen molar-refractivity contribution in [1.82, 2.24) is 5.32 Å². The first-order valence-corrected chi connectivity index (χ1v) is 6.44. The minimum absolute atomic E-state index is 0.128. The molecule has 4 heteroatoms. The summed E-state index contributed by atoms with van der Waals surface area (Å²) in [4.78, 5) is 12.1. The van der Waals surface area contributed by atoms with E-state index in [2.05, 4.69) is 5.32 Å². The van der Waals surface area contributed by atoms with E-state index in [1.807, 2.05) is 43.3 Å². The molecule has 0 aromatic heterocycles. The highest BCUT2D eigenvalue weighted by Gasteiger charge is 2.24. The molecule has 1 amide bonds. The van der Waals surface area contributed by atoms with E-state index in [0.29, 0.717) is 13.0 Å². The maximum Gasteiger partial charge on any atom is 0.250 e. The Labute approximate surface area is 113 Å². The van der Waals surface area contributed by atoms with E-state index in [1.54, 1.807) is 0 Å². The number of amides is 1. The molecule has 0 spiro atoms. The average Bonchev–Trinajstić information content (AvgIpc) is 2.45. The van der Waals surface area contributed by atoms with Crippen LogP contribution in [0.5, 0.6) is 0 Å². The van der Waals surface area contributed by atoms with Crippen molar-refractivity contribution in [3.05, 3.63) is 47.5 Å². The third-order valence-electron chi connectivity index (χ3n) is 3.23. The highest BCUT2D eigenvalue weighted by Crippen LogP contribution is 2.16. The van der Waals surface area contributed by atoms with Gasteiger partial charge in [-0.1, -0.05) is 42.0 Å². The molecule has 102 valence electrons. The summed E-state index contributed by atoms with van der Waals surface area (Å²) in [6, 6.07) is 9.05. The zero-order valence-electron chi connectivity index (χ0n) is 11.0. The van der Waals surface area contributed by atoms with Crippen LogP contribution < -0.4 is 5.32 Å². The van der Waals surface area contributed by atoms with Gasteiger partial charge in [0, 0.05) is 6.42 Å². The molecule has 1 aliphatic rings. The topological polar surface area (TPSA) is 58.6 Å². The monoisotopic (exact) mass is 261 g/mol. The summed E-state index contributed by atoms with van der Waals surface area (Å²) in [5.41, 5.74) is 2.05. The molecule has 19 heavy (non-hydrogen) atoms. The lowest BCUT2D eigenvalue weighted by Gasteiger charge is -2.24. The average molecular weight is 261 g/mol. The molecule has 1 aromatic carbocycles. The SMILES string of the molecule is CC1=CCO[C@@H](C(=O)N[C@H](CO)c2ccccc2)C1. The van der Waals surface area contributed by atoms with Gasteiger partial charge in [-0.25, -0.2) is 0 Å². The number of rotatable bonds is 4. The fraction of sp³-hybridized carbons (Fsp3) is 0.400. The van der Waals surface area contributed by atoms with E-state index in [1.165, 1.54) is 0 Å². The van der Waals surface area contributed by atoms with Crippen LogP contribution in [0, 0.1) is 0 Å². The number of nitrogens with one attached hydrogen (secondary N) is 1. The van der Waals surface area contributed by atoms with Crippen LogP contribution >= 0.6 is 0 Å². The van der Waals surface area contributed by atoms with Gasteiger partial charge in [-0.15, -0.1) is 0 Å². The minimum Gasteiger partial charge on any atom is -0.394 e.